The van der Waals surface area contributed by atoms with E-state index >= 15 is 0 Å². The largest absolute Gasteiger partial charge is 0.240 e. The van der Waals surface area contributed by atoms with Gasteiger partial charge in [0.25, 0.3) is 0 Å². The maximum absolute atomic E-state index is 11.9. The lowest BCUT2D eigenvalue weighted by molar-refractivity contribution is 0.545. The third kappa shape index (κ3) is 4.12. The zero-order valence-corrected chi connectivity index (χ0v) is 10.9. The van der Waals surface area contributed by atoms with Gasteiger partial charge in [-0.15, -0.1) is 11.6 Å². The second-order valence-electron chi connectivity index (χ2n) is 3.85. The fourth-order valence-corrected chi connectivity index (χ4v) is 3.01. The van der Waals surface area contributed by atoms with E-state index in [9.17, 15) is 8.42 Å². The van der Waals surface area contributed by atoms with Crippen molar-refractivity contribution in [1.82, 2.24) is 4.72 Å². The van der Waals surface area contributed by atoms with Crippen molar-refractivity contribution in [3.8, 4) is 0 Å². The SMILES string of the molecule is CC(Cl)CC(C)NS(=O)(=O)c1ccccc1. The Labute approximate surface area is 102 Å². The summed E-state index contributed by atoms with van der Waals surface area (Å²) in [6.07, 6.45) is 0.605. The first-order valence-electron chi connectivity index (χ1n) is 5.13. The van der Waals surface area contributed by atoms with Crippen LogP contribution >= 0.6 is 11.6 Å². The summed E-state index contributed by atoms with van der Waals surface area (Å²) >= 11 is 5.81. The molecule has 0 fully saturated rings. The Hall–Kier alpha value is -0.580. The Morgan fingerprint density at radius 2 is 1.81 bits per heavy atom. The van der Waals surface area contributed by atoms with Crippen molar-refractivity contribution in [3.05, 3.63) is 30.3 Å². The molecule has 2 unspecified atom stereocenters. The van der Waals surface area contributed by atoms with E-state index in [4.69, 9.17) is 11.6 Å². The van der Waals surface area contributed by atoms with Gasteiger partial charge in [-0.3, -0.25) is 0 Å². The van der Waals surface area contributed by atoms with Crippen molar-refractivity contribution in [1.29, 1.82) is 0 Å². The van der Waals surface area contributed by atoms with E-state index in [0.29, 0.717) is 6.42 Å². The van der Waals surface area contributed by atoms with Gasteiger partial charge in [-0.1, -0.05) is 18.2 Å². The highest BCUT2D eigenvalue weighted by molar-refractivity contribution is 7.89. The van der Waals surface area contributed by atoms with Crippen LogP contribution < -0.4 is 4.72 Å². The Bertz CT molecular complexity index is 417. The van der Waals surface area contributed by atoms with Gasteiger partial charge in [0.15, 0.2) is 0 Å². The highest BCUT2D eigenvalue weighted by atomic mass is 35.5. The van der Waals surface area contributed by atoms with Gasteiger partial charge in [-0.2, -0.15) is 0 Å². The quantitative estimate of drug-likeness (QED) is 0.828. The molecule has 0 spiro atoms. The molecule has 5 heteroatoms. The molecule has 0 radical (unpaired) electrons. The molecule has 0 aromatic heterocycles. The lowest BCUT2D eigenvalue weighted by atomic mass is 10.2. The van der Waals surface area contributed by atoms with Gasteiger partial charge < -0.3 is 0 Å². The first-order chi connectivity index (χ1) is 7.42. The van der Waals surface area contributed by atoms with Crippen LogP contribution in [0.15, 0.2) is 35.2 Å². The molecule has 0 amide bonds. The topological polar surface area (TPSA) is 46.2 Å². The van der Waals surface area contributed by atoms with E-state index in [2.05, 4.69) is 4.72 Å². The molecule has 0 saturated carbocycles. The summed E-state index contributed by atoms with van der Waals surface area (Å²) in [6, 6.07) is 8.15. The molecule has 16 heavy (non-hydrogen) atoms. The molecule has 0 aliphatic heterocycles. The number of nitrogens with one attached hydrogen (secondary N) is 1. The highest BCUT2D eigenvalue weighted by Gasteiger charge is 2.17. The molecular weight excluding hydrogens is 246 g/mol. The maximum Gasteiger partial charge on any atom is 0.240 e. The molecule has 1 aromatic carbocycles. The van der Waals surface area contributed by atoms with Gasteiger partial charge in [0.2, 0.25) is 10.0 Å². The van der Waals surface area contributed by atoms with E-state index in [1.807, 2.05) is 6.92 Å². The van der Waals surface area contributed by atoms with Crippen LogP contribution in [0.25, 0.3) is 0 Å². The van der Waals surface area contributed by atoms with Gasteiger partial charge in [-0.05, 0) is 32.4 Å². The number of rotatable bonds is 5. The average Bonchev–Trinajstić information content (AvgIpc) is 2.16. The fraction of sp³-hybridized carbons (Fsp3) is 0.455. The minimum atomic E-state index is -3.41. The molecule has 0 bridgehead atoms. The molecule has 0 heterocycles. The van der Waals surface area contributed by atoms with Crippen LogP contribution in [0.4, 0.5) is 0 Å². The van der Waals surface area contributed by atoms with Crippen molar-refractivity contribution in [2.24, 2.45) is 0 Å². The summed E-state index contributed by atoms with van der Waals surface area (Å²) in [6.45, 7) is 3.65. The number of hydrogen-bond donors (Lipinski definition) is 1. The summed E-state index contributed by atoms with van der Waals surface area (Å²) in [5, 5.41) is -0.0477. The van der Waals surface area contributed by atoms with Crippen molar-refractivity contribution in [3.63, 3.8) is 0 Å². The van der Waals surface area contributed by atoms with E-state index < -0.39 is 10.0 Å². The molecule has 1 rings (SSSR count). The predicted octanol–water partition coefficient (Wildman–Crippen LogP) is 2.37. The fourth-order valence-electron chi connectivity index (χ4n) is 1.47. The van der Waals surface area contributed by atoms with Crippen LogP contribution in [0.1, 0.15) is 20.3 Å². The average molecular weight is 262 g/mol. The molecule has 1 N–H and O–H groups in total. The van der Waals surface area contributed by atoms with Gasteiger partial charge in [0.05, 0.1) is 4.90 Å². The second-order valence-corrected chi connectivity index (χ2v) is 6.31. The van der Waals surface area contributed by atoms with Crippen LogP contribution in [0.5, 0.6) is 0 Å². The van der Waals surface area contributed by atoms with E-state index in [0.717, 1.165) is 0 Å². The van der Waals surface area contributed by atoms with Crippen molar-refractivity contribution >= 4 is 21.6 Å². The maximum atomic E-state index is 11.9. The van der Waals surface area contributed by atoms with Gasteiger partial charge in [-0.25, -0.2) is 13.1 Å². The van der Waals surface area contributed by atoms with Crippen molar-refractivity contribution in [2.45, 2.75) is 36.6 Å². The molecule has 0 saturated heterocycles. The van der Waals surface area contributed by atoms with E-state index in [1.165, 1.54) is 0 Å². The number of sulfonamides is 1. The number of halogens is 1. The summed E-state index contributed by atoms with van der Waals surface area (Å²) in [5.41, 5.74) is 0. The number of benzene rings is 1. The first-order valence-corrected chi connectivity index (χ1v) is 7.05. The highest BCUT2D eigenvalue weighted by Crippen LogP contribution is 2.11. The van der Waals surface area contributed by atoms with Crippen molar-refractivity contribution in [2.75, 3.05) is 0 Å². The number of alkyl halides is 1. The lowest BCUT2D eigenvalue weighted by Gasteiger charge is -2.15. The molecule has 0 aliphatic rings. The monoisotopic (exact) mass is 261 g/mol. The predicted molar refractivity (Wildman–Crippen MR) is 66.2 cm³/mol. The minimum Gasteiger partial charge on any atom is -0.208 e. The summed E-state index contributed by atoms with van der Waals surface area (Å²) in [7, 11) is -3.41. The molecule has 90 valence electrons. The number of hydrogen-bond acceptors (Lipinski definition) is 2. The minimum absolute atomic E-state index is 0.0477. The van der Waals surface area contributed by atoms with Gasteiger partial charge in [0, 0.05) is 11.4 Å². The van der Waals surface area contributed by atoms with Crippen LogP contribution in [-0.2, 0) is 10.0 Å². The van der Waals surface area contributed by atoms with E-state index in [-0.39, 0.29) is 16.3 Å². The normalized spacial score (nSPS) is 15.7. The van der Waals surface area contributed by atoms with Crippen molar-refractivity contribution < 1.29 is 8.42 Å². The van der Waals surface area contributed by atoms with Gasteiger partial charge >= 0.3 is 0 Å². The smallest absolute Gasteiger partial charge is 0.208 e. The van der Waals surface area contributed by atoms with Crippen LogP contribution in [-0.4, -0.2) is 19.8 Å². The summed E-state index contributed by atoms with van der Waals surface area (Å²) < 4.78 is 26.3. The second kappa shape index (κ2) is 5.66. The Balaban J connectivity index is 2.73. The molecule has 0 aliphatic carbocycles. The molecule has 2 atom stereocenters. The first kappa shape index (κ1) is 13.5. The van der Waals surface area contributed by atoms with Crippen LogP contribution in [0, 0.1) is 0 Å². The molecule has 3 nitrogen and oxygen atoms in total. The Morgan fingerprint density at radius 1 is 1.25 bits per heavy atom. The van der Waals surface area contributed by atoms with Gasteiger partial charge in [0.1, 0.15) is 0 Å². The zero-order chi connectivity index (χ0) is 12.2. The zero-order valence-electron chi connectivity index (χ0n) is 9.35. The Morgan fingerprint density at radius 3 is 2.31 bits per heavy atom. The molecule has 1 aromatic rings. The van der Waals surface area contributed by atoms with Crippen LogP contribution in [0.2, 0.25) is 0 Å². The van der Waals surface area contributed by atoms with Crippen LogP contribution in [0.3, 0.4) is 0 Å². The third-order valence-corrected chi connectivity index (χ3v) is 3.87. The summed E-state index contributed by atoms with van der Waals surface area (Å²) in [5.74, 6) is 0. The molecular formula is C11H16ClNO2S. The lowest BCUT2D eigenvalue weighted by Crippen LogP contribution is -2.33. The standard InChI is InChI=1S/C11H16ClNO2S/c1-9(12)8-10(2)13-16(14,15)11-6-4-3-5-7-11/h3-7,9-10,13H,8H2,1-2H3. The Kier molecular flexibility index (Phi) is 4.77. The summed E-state index contributed by atoms with van der Waals surface area (Å²) in [4.78, 5) is 0.282. The van der Waals surface area contributed by atoms with E-state index in [1.54, 1.807) is 37.3 Å². The third-order valence-electron chi connectivity index (χ3n) is 2.09.